The van der Waals surface area contributed by atoms with Crippen molar-refractivity contribution in [2.24, 2.45) is 0 Å². The number of anilines is 2. The molecule has 0 aliphatic heterocycles. The maximum Gasteiger partial charge on any atom is 0.405 e. The number of rotatable bonds is 2. The van der Waals surface area contributed by atoms with Gasteiger partial charge in [0.25, 0.3) is 6.01 Å². The van der Waals surface area contributed by atoms with Gasteiger partial charge >= 0.3 is 6.18 Å². The lowest BCUT2D eigenvalue weighted by Crippen LogP contribution is -2.21. The van der Waals surface area contributed by atoms with Crippen LogP contribution < -0.4 is 11.1 Å². The second-order valence-corrected chi connectivity index (χ2v) is 3.18. The number of oxazole rings is 1. The van der Waals surface area contributed by atoms with Crippen LogP contribution in [0.5, 0.6) is 0 Å². The minimum Gasteiger partial charge on any atom is -0.423 e. The molecule has 86 valence electrons. The van der Waals surface area contributed by atoms with Gasteiger partial charge in [-0.15, -0.1) is 0 Å². The quantitative estimate of drug-likeness (QED) is 0.779. The summed E-state index contributed by atoms with van der Waals surface area (Å²) in [4.78, 5) is 3.81. The number of halogens is 3. The molecule has 3 N–H and O–H groups in total. The molecule has 2 aromatic rings. The van der Waals surface area contributed by atoms with Crippen LogP contribution in [0.4, 0.5) is 24.9 Å². The summed E-state index contributed by atoms with van der Waals surface area (Å²) >= 11 is 0. The minimum absolute atomic E-state index is 0.190. The number of fused-ring (bicyclic) bond motifs is 1. The molecule has 0 saturated carbocycles. The Morgan fingerprint density at radius 2 is 2.12 bits per heavy atom. The second kappa shape index (κ2) is 3.58. The highest BCUT2D eigenvalue weighted by molar-refractivity contribution is 5.86. The normalized spacial score (nSPS) is 11.9. The Balaban J connectivity index is 2.24. The Morgan fingerprint density at radius 3 is 2.75 bits per heavy atom. The standard InChI is InChI=1S/C9H8F3N3O/c10-9(11,12)4-14-8-15-7-5(13)2-1-3-6(7)16-8/h1-3H,4,13H2,(H,14,15). The molecule has 0 radical (unpaired) electrons. The molecule has 0 saturated heterocycles. The van der Waals surface area contributed by atoms with Crippen LogP contribution >= 0.6 is 0 Å². The Labute approximate surface area is 88.2 Å². The molecule has 0 aliphatic carbocycles. The molecular formula is C9H8F3N3O. The summed E-state index contributed by atoms with van der Waals surface area (Å²) in [6.07, 6.45) is -4.31. The lowest BCUT2D eigenvalue weighted by Gasteiger charge is -2.04. The van der Waals surface area contributed by atoms with E-state index in [1.165, 1.54) is 0 Å². The van der Waals surface area contributed by atoms with Gasteiger partial charge in [0, 0.05) is 0 Å². The van der Waals surface area contributed by atoms with E-state index in [0.29, 0.717) is 16.8 Å². The highest BCUT2D eigenvalue weighted by atomic mass is 19.4. The molecular weight excluding hydrogens is 223 g/mol. The van der Waals surface area contributed by atoms with E-state index in [9.17, 15) is 13.2 Å². The minimum atomic E-state index is -4.31. The number of hydrogen-bond donors (Lipinski definition) is 2. The fourth-order valence-electron chi connectivity index (χ4n) is 1.22. The van der Waals surface area contributed by atoms with Gasteiger partial charge in [0.1, 0.15) is 12.1 Å². The maximum absolute atomic E-state index is 11.9. The van der Waals surface area contributed by atoms with Crippen molar-refractivity contribution in [2.75, 3.05) is 17.6 Å². The van der Waals surface area contributed by atoms with E-state index in [-0.39, 0.29) is 6.01 Å². The zero-order chi connectivity index (χ0) is 11.8. The first-order chi connectivity index (χ1) is 7.46. The van der Waals surface area contributed by atoms with E-state index in [2.05, 4.69) is 4.98 Å². The van der Waals surface area contributed by atoms with E-state index < -0.39 is 12.7 Å². The summed E-state index contributed by atoms with van der Waals surface area (Å²) in [5, 5.41) is 2.04. The van der Waals surface area contributed by atoms with Crippen molar-refractivity contribution >= 4 is 22.8 Å². The molecule has 0 unspecified atom stereocenters. The van der Waals surface area contributed by atoms with E-state index >= 15 is 0 Å². The summed E-state index contributed by atoms with van der Waals surface area (Å²) < 4.78 is 40.8. The number of hydrogen-bond acceptors (Lipinski definition) is 4. The number of alkyl halides is 3. The van der Waals surface area contributed by atoms with Crippen molar-refractivity contribution in [3.05, 3.63) is 18.2 Å². The van der Waals surface area contributed by atoms with Crippen LogP contribution in [-0.4, -0.2) is 17.7 Å². The summed E-state index contributed by atoms with van der Waals surface area (Å²) in [5.41, 5.74) is 6.65. The van der Waals surface area contributed by atoms with Crippen LogP contribution in [0.3, 0.4) is 0 Å². The zero-order valence-electron chi connectivity index (χ0n) is 8.01. The fourth-order valence-corrected chi connectivity index (χ4v) is 1.22. The fraction of sp³-hybridized carbons (Fsp3) is 0.222. The average Bonchev–Trinajstić information content (AvgIpc) is 2.58. The second-order valence-electron chi connectivity index (χ2n) is 3.18. The smallest absolute Gasteiger partial charge is 0.405 e. The molecule has 1 heterocycles. The highest BCUT2D eigenvalue weighted by Gasteiger charge is 2.27. The molecule has 0 amide bonds. The largest absolute Gasteiger partial charge is 0.423 e. The molecule has 0 bridgehead atoms. The van der Waals surface area contributed by atoms with E-state index in [1.54, 1.807) is 18.2 Å². The number of nitrogens with two attached hydrogens (primary N) is 1. The van der Waals surface area contributed by atoms with Gasteiger partial charge in [-0.3, -0.25) is 0 Å². The molecule has 0 spiro atoms. The third-order valence-corrected chi connectivity index (χ3v) is 1.89. The molecule has 4 nitrogen and oxygen atoms in total. The number of benzene rings is 1. The molecule has 0 aliphatic rings. The average molecular weight is 231 g/mol. The van der Waals surface area contributed by atoms with Crippen LogP contribution in [0.25, 0.3) is 11.1 Å². The van der Waals surface area contributed by atoms with Gasteiger partial charge in [-0.25, -0.2) is 0 Å². The van der Waals surface area contributed by atoms with Gasteiger partial charge < -0.3 is 15.5 Å². The maximum atomic E-state index is 11.9. The molecule has 0 fully saturated rings. The summed E-state index contributed by atoms with van der Waals surface area (Å²) in [7, 11) is 0. The van der Waals surface area contributed by atoms with E-state index in [1.807, 2.05) is 5.32 Å². The zero-order valence-corrected chi connectivity index (χ0v) is 8.01. The number of nitrogens with zero attached hydrogens (tertiary/aromatic N) is 1. The topological polar surface area (TPSA) is 64.1 Å². The first-order valence-corrected chi connectivity index (χ1v) is 4.41. The van der Waals surface area contributed by atoms with Gasteiger partial charge in [-0.2, -0.15) is 18.2 Å². The lowest BCUT2D eigenvalue weighted by molar-refractivity contribution is -0.115. The molecule has 1 aromatic heterocycles. The van der Waals surface area contributed by atoms with Crippen LogP contribution in [0.2, 0.25) is 0 Å². The first kappa shape index (κ1) is 10.6. The molecule has 1 aromatic carbocycles. The summed E-state index contributed by atoms with van der Waals surface area (Å²) in [6.45, 7) is -1.19. The van der Waals surface area contributed by atoms with E-state index in [0.717, 1.165) is 0 Å². The predicted molar refractivity (Wildman–Crippen MR) is 53.0 cm³/mol. The molecule has 16 heavy (non-hydrogen) atoms. The SMILES string of the molecule is Nc1cccc2oc(NCC(F)(F)F)nc12. The lowest BCUT2D eigenvalue weighted by atomic mass is 10.3. The van der Waals surface area contributed by atoms with Crippen molar-refractivity contribution in [2.45, 2.75) is 6.18 Å². The van der Waals surface area contributed by atoms with Gasteiger partial charge in [0.2, 0.25) is 0 Å². The van der Waals surface area contributed by atoms with Crippen molar-refractivity contribution in [3.63, 3.8) is 0 Å². The Hall–Kier alpha value is -1.92. The van der Waals surface area contributed by atoms with Gasteiger partial charge in [0.15, 0.2) is 5.58 Å². The van der Waals surface area contributed by atoms with Crippen molar-refractivity contribution in [1.82, 2.24) is 4.98 Å². The van der Waals surface area contributed by atoms with Gasteiger partial charge in [-0.1, -0.05) is 6.07 Å². The van der Waals surface area contributed by atoms with Crippen LogP contribution in [0.1, 0.15) is 0 Å². The van der Waals surface area contributed by atoms with Crippen molar-refractivity contribution < 1.29 is 17.6 Å². The molecule has 2 rings (SSSR count). The highest BCUT2D eigenvalue weighted by Crippen LogP contribution is 2.24. The summed E-state index contributed by atoms with van der Waals surface area (Å²) in [6, 6.07) is 4.62. The van der Waals surface area contributed by atoms with Crippen LogP contribution in [0, 0.1) is 0 Å². The van der Waals surface area contributed by atoms with Crippen molar-refractivity contribution in [1.29, 1.82) is 0 Å². The number of nitrogens with one attached hydrogen (secondary N) is 1. The number of aromatic nitrogens is 1. The van der Waals surface area contributed by atoms with Gasteiger partial charge in [0.05, 0.1) is 5.69 Å². The number of para-hydroxylation sites is 1. The number of nitrogen functional groups attached to an aromatic ring is 1. The molecule has 0 atom stereocenters. The van der Waals surface area contributed by atoms with Crippen LogP contribution in [0.15, 0.2) is 22.6 Å². The Bertz CT molecular complexity index is 506. The van der Waals surface area contributed by atoms with Crippen molar-refractivity contribution in [3.8, 4) is 0 Å². The Kier molecular flexibility index (Phi) is 2.37. The summed E-state index contributed by atoms with van der Waals surface area (Å²) in [5.74, 6) is 0. The van der Waals surface area contributed by atoms with E-state index in [4.69, 9.17) is 10.2 Å². The predicted octanol–water partition coefficient (Wildman–Crippen LogP) is 2.38. The third kappa shape index (κ3) is 2.18. The molecule has 7 heteroatoms. The van der Waals surface area contributed by atoms with Crippen LogP contribution in [-0.2, 0) is 0 Å². The Morgan fingerprint density at radius 1 is 1.38 bits per heavy atom. The van der Waals surface area contributed by atoms with Gasteiger partial charge in [-0.05, 0) is 12.1 Å². The monoisotopic (exact) mass is 231 g/mol. The first-order valence-electron chi connectivity index (χ1n) is 4.41. The third-order valence-electron chi connectivity index (χ3n) is 1.89.